The van der Waals surface area contributed by atoms with Crippen LogP contribution in [-0.4, -0.2) is 34.4 Å². The van der Waals surface area contributed by atoms with Crippen molar-refractivity contribution in [1.82, 2.24) is 0 Å². The van der Waals surface area contributed by atoms with Gasteiger partial charge in [-0.3, -0.25) is 0 Å². The van der Waals surface area contributed by atoms with Gasteiger partial charge in [-0.1, -0.05) is 35.3 Å². The second-order valence-corrected chi connectivity index (χ2v) is 8.10. The minimum Gasteiger partial charge on any atom is -0.602 e. The fourth-order valence-electron chi connectivity index (χ4n) is 2.30. The van der Waals surface area contributed by atoms with Crippen LogP contribution in [0.25, 0.3) is 0 Å². The maximum atomic E-state index is 13.0. The molecule has 2 N–H and O–H groups in total. The second-order valence-electron chi connectivity index (χ2n) is 6.00. The van der Waals surface area contributed by atoms with Crippen LogP contribution in [0.3, 0.4) is 0 Å². The van der Waals surface area contributed by atoms with E-state index in [0.29, 0.717) is 16.3 Å². The third-order valence-electron chi connectivity index (χ3n) is 3.74. The SMILES string of the molecule is C[C@H](O)C(C(=O)O)=[P+]([O-])OCOCc1c(Cl)cc(Cl)cc1OCc1ccc(F)cc1. The fourth-order valence-corrected chi connectivity index (χ4v) is 3.60. The molecule has 0 fully saturated rings. The van der Waals surface area contributed by atoms with Gasteiger partial charge < -0.3 is 24.6 Å². The van der Waals surface area contributed by atoms with Crippen LogP contribution in [0.1, 0.15) is 18.1 Å². The van der Waals surface area contributed by atoms with E-state index in [2.05, 4.69) is 0 Å². The minimum absolute atomic E-state index is 0.116. The molecule has 0 bridgehead atoms. The van der Waals surface area contributed by atoms with Crippen LogP contribution in [0.5, 0.6) is 5.75 Å². The Morgan fingerprint density at radius 1 is 1.23 bits per heavy atom. The predicted molar refractivity (Wildman–Crippen MR) is 109 cm³/mol. The van der Waals surface area contributed by atoms with E-state index in [1.807, 2.05) is 0 Å². The van der Waals surface area contributed by atoms with E-state index in [4.69, 9.17) is 42.3 Å². The van der Waals surface area contributed by atoms with Crippen LogP contribution < -0.4 is 9.63 Å². The Hall–Kier alpha value is -1.77. The van der Waals surface area contributed by atoms with E-state index in [0.717, 1.165) is 5.56 Å². The summed E-state index contributed by atoms with van der Waals surface area (Å²) in [7, 11) is -2.79. The summed E-state index contributed by atoms with van der Waals surface area (Å²) in [5.74, 6) is -1.57. The van der Waals surface area contributed by atoms with Crippen LogP contribution >= 0.6 is 31.2 Å². The number of carbonyl (C=O) groups is 1. The van der Waals surface area contributed by atoms with Crippen LogP contribution in [0, 0.1) is 5.82 Å². The highest BCUT2D eigenvalue weighted by Gasteiger charge is 2.26. The third kappa shape index (κ3) is 7.18. The van der Waals surface area contributed by atoms with Crippen molar-refractivity contribution in [1.29, 1.82) is 0 Å². The molecule has 0 aliphatic carbocycles. The number of hydrogen-bond acceptors (Lipinski definition) is 6. The van der Waals surface area contributed by atoms with Gasteiger partial charge in [-0.15, -0.1) is 0 Å². The van der Waals surface area contributed by atoms with Crippen LogP contribution in [0.2, 0.25) is 10.0 Å². The average molecular weight is 479 g/mol. The van der Waals surface area contributed by atoms with Crippen molar-refractivity contribution >= 4 is 42.5 Å². The van der Waals surface area contributed by atoms with E-state index in [9.17, 15) is 19.2 Å². The normalized spacial score (nSPS) is 13.0. The molecule has 2 atom stereocenters. The van der Waals surface area contributed by atoms with Gasteiger partial charge in [-0.2, -0.15) is 4.52 Å². The van der Waals surface area contributed by atoms with Crippen molar-refractivity contribution in [2.75, 3.05) is 6.79 Å². The van der Waals surface area contributed by atoms with Gasteiger partial charge >= 0.3 is 5.97 Å². The first-order valence-electron chi connectivity index (χ1n) is 8.50. The Morgan fingerprint density at radius 3 is 2.50 bits per heavy atom. The van der Waals surface area contributed by atoms with Gasteiger partial charge in [0.1, 0.15) is 24.3 Å². The van der Waals surface area contributed by atoms with Crippen molar-refractivity contribution in [3.63, 3.8) is 0 Å². The summed E-state index contributed by atoms with van der Waals surface area (Å²) in [5, 5.41) is 18.2. The first-order valence-corrected chi connectivity index (χ1v) is 10.4. The second kappa shape index (κ2) is 11.6. The molecule has 2 rings (SSSR count). The smallest absolute Gasteiger partial charge is 0.379 e. The van der Waals surface area contributed by atoms with Crippen LogP contribution in [0.4, 0.5) is 4.39 Å². The lowest BCUT2D eigenvalue weighted by atomic mass is 10.2. The van der Waals surface area contributed by atoms with Gasteiger partial charge in [0.2, 0.25) is 8.00 Å². The molecule has 2 aromatic rings. The van der Waals surface area contributed by atoms with Gasteiger partial charge in [-0.05, 0) is 36.8 Å². The summed E-state index contributed by atoms with van der Waals surface area (Å²) >= 11 is 12.2. The molecule has 30 heavy (non-hydrogen) atoms. The number of benzene rings is 2. The predicted octanol–water partition coefficient (Wildman–Crippen LogP) is 3.51. The Labute approximate surface area is 183 Å². The van der Waals surface area contributed by atoms with Crippen LogP contribution in [-0.2, 0) is 27.3 Å². The maximum Gasteiger partial charge on any atom is 0.379 e. The Kier molecular flexibility index (Phi) is 9.45. The zero-order chi connectivity index (χ0) is 22.3. The fraction of sp³-hybridized carbons (Fsp3) is 0.263. The first kappa shape index (κ1) is 24.5. The molecule has 0 aromatic heterocycles. The standard InChI is InChI=1S/C19H18Cl2FO7P/c1-11(23)18(19(24)25)30(26)29-10-27-9-15-16(21)6-13(20)7-17(15)28-8-12-2-4-14(22)5-3-12/h2-7,11,23H,8-10H2,1H3,(H,24,25)/t11-/m0/s1. The van der Waals surface area contributed by atoms with E-state index >= 15 is 0 Å². The monoisotopic (exact) mass is 478 g/mol. The lowest BCUT2D eigenvalue weighted by Gasteiger charge is -2.14. The summed E-state index contributed by atoms with van der Waals surface area (Å²) in [5.41, 5.74) is 1.15. The average Bonchev–Trinajstić information content (AvgIpc) is 2.65. The first-order chi connectivity index (χ1) is 14.2. The summed E-state index contributed by atoms with van der Waals surface area (Å²) in [6.07, 6.45) is -1.44. The molecule has 0 saturated heterocycles. The lowest BCUT2D eigenvalue weighted by Crippen LogP contribution is -2.27. The zero-order valence-electron chi connectivity index (χ0n) is 15.7. The van der Waals surface area contributed by atoms with Gasteiger partial charge in [-0.25, -0.2) is 9.18 Å². The largest absolute Gasteiger partial charge is 0.602 e. The molecule has 0 saturated carbocycles. The molecule has 162 valence electrons. The number of ether oxygens (including phenoxy) is 2. The Bertz CT molecular complexity index is 920. The number of carboxylic acids is 1. The molecule has 0 spiro atoms. The molecule has 0 amide bonds. The summed E-state index contributed by atoms with van der Waals surface area (Å²) < 4.78 is 28.9. The summed E-state index contributed by atoms with van der Waals surface area (Å²) in [6, 6.07) is 8.77. The lowest BCUT2D eigenvalue weighted by molar-refractivity contribution is -0.180. The number of aliphatic carboxylic acids is 1. The molecule has 0 aliphatic heterocycles. The number of aliphatic hydroxyl groups excluding tert-OH is 1. The molecular weight excluding hydrogens is 461 g/mol. The maximum absolute atomic E-state index is 13.0. The number of carboxylic acid groups (broad SMARTS) is 1. The number of aliphatic hydroxyl groups is 1. The molecule has 1 unspecified atom stereocenters. The van der Waals surface area contributed by atoms with Crippen molar-refractivity contribution < 1.29 is 38.3 Å². The molecule has 7 nitrogen and oxygen atoms in total. The van der Waals surface area contributed by atoms with E-state index in [1.165, 1.54) is 31.2 Å². The Morgan fingerprint density at radius 2 is 1.90 bits per heavy atom. The molecule has 11 heteroatoms. The molecular formula is C19H18Cl2FO7P. The van der Waals surface area contributed by atoms with Crippen molar-refractivity contribution in [3.05, 3.63) is 63.4 Å². The quantitative estimate of drug-likeness (QED) is 0.305. The zero-order valence-corrected chi connectivity index (χ0v) is 18.1. The number of rotatable bonds is 10. The van der Waals surface area contributed by atoms with Crippen molar-refractivity contribution in [2.45, 2.75) is 26.2 Å². The van der Waals surface area contributed by atoms with Gasteiger partial charge in [0.25, 0.3) is 5.29 Å². The van der Waals surface area contributed by atoms with E-state index < -0.39 is 32.2 Å². The highest BCUT2D eigenvalue weighted by molar-refractivity contribution is 7.49. The van der Waals surface area contributed by atoms with Crippen LogP contribution in [0.15, 0.2) is 36.4 Å². The summed E-state index contributed by atoms with van der Waals surface area (Å²) in [6.45, 7) is 0.654. The number of halogens is 3. The van der Waals surface area contributed by atoms with Gasteiger partial charge in [0, 0.05) is 10.6 Å². The molecule has 0 heterocycles. The third-order valence-corrected chi connectivity index (χ3v) is 5.59. The molecule has 2 aromatic carbocycles. The number of hydrogen-bond donors (Lipinski definition) is 2. The molecule has 0 aliphatic rings. The van der Waals surface area contributed by atoms with E-state index in [-0.39, 0.29) is 24.1 Å². The minimum atomic E-state index is -2.79. The Balaban J connectivity index is 2.04. The summed E-state index contributed by atoms with van der Waals surface area (Å²) in [4.78, 5) is 22.9. The molecule has 0 radical (unpaired) electrons. The van der Waals surface area contributed by atoms with E-state index in [1.54, 1.807) is 12.1 Å². The van der Waals surface area contributed by atoms with Crippen molar-refractivity contribution in [3.8, 4) is 5.75 Å². The highest BCUT2D eigenvalue weighted by atomic mass is 35.5. The van der Waals surface area contributed by atoms with Gasteiger partial charge in [0.15, 0.2) is 6.79 Å². The van der Waals surface area contributed by atoms with Crippen molar-refractivity contribution in [2.24, 2.45) is 0 Å². The van der Waals surface area contributed by atoms with Gasteiger partial charge in [0.05, 0.1) is 11.6 Å². The topological polar surface area (TPSA) is 108 Å². The highest BCUT2D eigenvalue weighted by Crippen LogP contribution is 2.32.